The molecule has 0 bridgehead atoms. The smallest absolute Gasteiger partial charge is 0.240 e. The topological polar surface area (TPSA) is 72.2 Å². The van der Waals surface area contributed by atoms with Crippen LogP contribution >= 0.6 is 12.2 Å². The van der Waals surface area contributed by atoms with Crippen LogP contribution < -0.4 is 10.5 Å². The number of rotatable bonds is 4. The molecule has 0 saturated carbocycles. The van der Waals surface area contributed by atoms with E-state index in [0.29, 0.717) is 17.7 Å². The van der Waals surface area contributed by atoms with Crippen LogP contribution in [-0.2, 0) is 10.0 Å². The van der Waals surface area contributed by atoms with E-state index in [1.165, 1.54) is 6.07 Å². The number of hydrogen-bond acceptors (Lipinski definition) is 3. The minimum absolute atomic E-state index is 0.259. The Morgan fingerprint density at radius 1 is 1.50 bits per heavy atom. The van der Waals surface area contributed by atoms with Crippen LogP contribution in [0.2, 0.25) is 0 Å². The van der Waals surface area contributed by atoms with Crippen LogP contribution in [-0.4, -0.2) is 20.0 Å². The highest BCUT2D eigenvalue weighted by Crippen LogP contribution is 2.16. The standard InChI is InChI=1S/C10H14N2O2S2/c1-3-12-16(13,14)9-5-4-8(10(11)15)6-7(9)2/h4-6,12H,3H2,1-2H3,(H2,11,15). The first-order chi connectivity index (χ1) is 7.38. The monoisotopic (exact) mass is 258 g/mol. The lowest BCUT2D eigenvalue weighted by Crippen LogP contribution is -2.24. The van der Waals surface area contributed by atoms with Crippen molar-refractivity contribution in [1.82, 2.24) is 4.72 Å². The van der Waals surface area contributed by atoms with E-state index >= 15 is 0 Å². The van der Waals surface area contributed by atoms with Crippen LogP contribution in [0, 0.1) is 6.92 Å². The van der Waals surface area contributed by atoms with E-state index in [2.05, 4.69) is 4.72 Å². The Hall–Kier alpha value is -0.980. The van der Waals surface area contributed by atoms with Gasteiger partial charge < -0.3 is 5.73 Å². The SMILES string of the molecule is CCNS(=O)(=O)c1ccc(C(N)=S)cc1C. The molecule has 0 aliphatic carbocycles. The van der Waals surface area contributed by atoms with Crippen LogP contribution in [0.1, 0.15) is 18.1 Å². The average Bonchev–Trinajstić information content (AvgIpc) is 2.16. The van der Waals surface area contributed by atoms with Gasteiger partial charge in [0.25, 0.3) is 0 Å². The van der Waals surface area contributed by atoms with Gasteiger partial charge >= 0.3 is 0 Å². The van der Waals surface area contributed by atoms with Crippen molar-refractivity contribution in [1.29, 1.82) is 0 Å². The molecule has 0 amide bonds. The molecular weight excluding hydrogens is 244 g/mol. The molecule has 1 aromatic carbocycles. The van der Waals surface area contributed by atoms with E-state index in [0.717, 1.165) is 0 Å². The van der Waals surface area contributed by atoms with Gasteiger partial charge in [0.1, 0.15) is 4.99 Å². The Bertz CT molecular complexity index is 510. The summed E-state index contributed by atoms with van der Waals surface area (Å²) in [5.41, 5.74) is 6.77. The maximum atomic E-state index is 11.8. The van der Waals surface area contributed by atoms with Crippen molar-refractivity contribution in [3.05, 3.63) is 29.3 Å². The largest absolute Gasteiger partial charge is 0.389 e. The number of nitrogens with one attached hydrogen (secondary N) is 1. The zero-order chi connectivity index (χ0) is 12.3. The molecule has 0 fully saturated rings. The van der Waals surface area contributed by atoms with Crippen LogP contribution in [0.3, 0.4) is 0 Å². The van der Waals surface area contributed by atoms with Crippen LogP contribution in [0.15, 0.2) is 23.1 Å². The maximum Gasteiger partial charge on any atom is 0.240 e. The Morgan fingerprint density at radius 3 is 2.56 bits per heavy atom. The van der Waals surface area contributed by atoms with Crippen molar-refractivity contribution in [3.63, 3.8) is 0 Å². The summed E-state index contributed by atoms with van der Waals surface area (Å²) < 4.78 is 26.0. The number of benzene rings is 1. The molecule has 0 aliphatic rings. The van der Waals surface area contributed by atoms with E-state index in [-0.39, 0.29) is 9.88 Å². The summed E-state index contributed by atoms with van der Waals surface area (Å²) in [7, 11) is -3.42. The predicted octanol–water partition coefficient (Wildman–Crippen LogP) is 0.927. The summed E-state index contributed by atoms with van der Waals surface area (Å²) in [6, 6.07) is 4.80. The lowest BCUT2D eigenvalue weighted by Gasteiger charge is -2.09. The maximum absolute atomic E-state index is 11.8. The summed E-state index contributed by atoms with van der Waals surface area (Å²) in [5.74, 6) is 0. The molecule has 1 aromatic rings. The molecule has 0 aromatic heterocycles. The molecule has 0 radical (unpaired) electrons. The minimum Gasteiger partial charge on any atom is -0.389 e. The van der Waals surface area contributed by atoms with Crippen molar-refractivity contribution in [2.75, 3.05) is 6.54 Å². The van der Waals surface area contributed by atoms with Gasteiger partial charge in [0, 0.05) is 12.1 Å². The highest BCUT2D eigenvalue weighted by atomic mass is 32.2. The third kappa shape index (κ3) is 2.78. The highest BCUT2D eigenvalue weighted by Gasteiger charge is 2.15. The van der Waals surface area contributed by atoms with E-state index in [1.54, 1.807) is 26.0 Å². The number of thiocarbonyl (C=S) groups is 1. The Morgan fingerprint density at radius 2 is 2.12 bits per heavy atom. The first-order valence-electron chi connectivity index (χ1n) is 4.78. The van der Waals surface area contributed by atoms with Crippen molar-refractivity contribution < 1.29 is 8.42 Å². The molecule has 88 valence electrons. The fourth-order valence-electron chi connectivity index (χ4n) is 1.37. The second-order valence-corrected chi connectivity index (χ2v) is 5.52. The molecular formula is C10H14N2O2S2. The fraction of sp³-hybridized carbons (Fsp3) is 0.300. The quantitative estimate of drug-likeness (QED) is 0.788. The molecule has 1 rings (SSSR count). The van der Waals surface area contributed by atoms with E-state index in [4.69, 9.17) is 18.0 Å². The second kappa shape index (κ2) is 4.90. The molecule has 0 saturated heterocycles. The van der Waals surface area contributed by atoms with Crippen LogP contribution in [0.25, 0.3) is 0 Å². The van der Waals surface area contributed by atoms with Gasteiger partial charge in [-0.05, 0) is 24.6 Å². The Labute approximate surface area is 101 Å². The molecule has 0 aliphatic heterocycles. The minimum atomic E-state index is -3.42. The van der Waals surface area contributed by atoms with Gasteiger partial charge in [-0.15, -0.1) is 0 Å². The molecule has 0 atom stereocenters. The number of sulfonamides is 1. The van der Waals surface area contributed by atoms with Gasteiger partial charge in [-0.1, -0.05) is 25.2 Å². The highest BCUT2D eigenvalue weighted by molar-refractivity contribution is 7.89. The second-order valence-electron chi connectivity index (χ2n) is 3.35. The van der Waals surface area contributed by atoms with Gasteiger partial charge in [0.15, 0.2) is 0 Å². The first-order valence-corrected chi connectivity index (χ1v) is 6.67. The third-order valence-corrected chi connectivity index (χ3v) is 4.02. The molecule has 3 N–H and O–H groups in total. The predicted molar refractivity (Wildman–Crippen MR) is 67.9 cm³/mol. The molecule has 0 unspecified atom stereocenters. The number of aryl methyl sites for hydroxylation is 1. The van der Waals surface area contributed by atoms with Gasteiger partial charge in [0.2, 0.25) is 10.0 Å². The van der Waals surface area contributed by atoms with Crippen molar-refractivity contribution in [2.24, 2.45) is 5.73 Å². The average molecular weight is 258 g/mol. The Kier molecular flexibility index (Phi) is 4.01. The molecule has 16 heavy (non-hydrogen) atoms. The van der Waals surface area contributed by atoms with E-state index < -0.39 is 10.0 Å². The van der Waals surface area contributed by atoms with Crippen molar-refractivity contribution in [2.45, 2.75) is 18.7 Å². The normalized spacial score (nSPS) is 11.4. The first kappa shape index (κ1) is 13.1. The Balaban J connectivity index is 3.23. The van der Waals surface area contributed by atoms with Crippen LogP contribution in [0.5, 0.6) is 0 Å². The summed E-state index contributed by atoms with van der Waals surface area (Å²) in [6.45, 7) is 3.81. The zero-order valence-corrected chi connectivity index (χ0v) is 10.8. The lowest BCUT2D eigenvalue weighted by molar-refractivity contribution is 0.583. The third-order valence-electron chi connectivity index (χ3n) is 2.08. The molecule has 4 nitrogen and oxygen atoms in total. The molecule has 0 spiro atoms. The molecule has 0 heterocycles. The van der Waals surface area contributed by atoms with Crippen molar-refractivity contribution >= 4 is 27.2 Å². The number of hydrogen-bond donors (Lipinski definition) is 2. The number of nitrogens with two attached hydrogens (primary N) is 1. The summed E-state index contributed by atoms with van der Waals surface area (Å²) in [5, 5.41) is 0. The molecule has 6 heteroatoms. The fourth-order valence-corrected chi connectivity index (χ4v) is 2.76. The summed E-state index contributed by atoms with van der Waals surface area (Å²) in [6.07, 6.45) is 0. The van der Waals surface area contributed by atoms with Crippen LogP contribution in [0.4, 0.5) is 0 Å². The zero-order valence-electron chi connectivity index (χ0n) is 9.15. The van der Waals surface area contributed by atoms with E-state index in [9.17, 15) is 8.42 Å². The van der Waals surface area contributed by atoms with E-state index in [1.807, 2.05) is 0 Å². The van der Waals surface area contributed by atoms with Gasteiger partial charge in [-0.2, -0.15) is 0 Å². The van der Waals surface area contributed by atoms with Gasteiger partial charge in [0.05, 0.1) is 4.90 Å². The summed E-state index contributed by atoms with van der Waals surface area (Å²) in [4.78, 5) is 0.518. The van der Waals surface area contributed by atoms with Gasteiger partial charge in [-0.3, -0.25) is 0 Å². The van der Waals surface area contributed by atoms with Gasteiger partial charge in [-0.25, -0.2) is 13.1 Å². The lowest BCUT2D eigenvalue weighted by atomic mass is 10.1. The van der Waals surface area contributed by atoms with Crippen molar-refractivity contribution in [3.8, 4) is 0 Å². The summed E-state index contributed by atoms with van der Waals surface area (Å²) >= 11 is 4.82.